The minimum Gasteiger partial charge on any atom is -0.478 e. The first-order valence-corrected chi connectivity index (χ1v) is 8.50. The van der Waals surface area contributed by atoms with Crippen molar-refractivity contribution in [3.8, 4) is 5.75 Å². The van der Waals surface area contributed by atoms with Crippen molar-refractivity contribution in [2.75, 3.05) is 6.54 Å². The van der Waals surface area contributed by atoms with Gasteiger partial charge in [-0.1, -0.05) is 72.8 Å². The standard InChI is InChI=1S/C22H19NO4/c24-19(16-9-3-1-4-10-16)15-23-21(17-11-5-2-6-12-17)27-20-14-8-7-13-18(20)22(25)26/h1-14,21,23H,15H2,(H,25,26). The fraction of sp³-hybridized carbons (Fsp3) is 0.0909. The third-order valence-corrected chi connectivity index (χ3v) is 4.01. The summed E-state index contributed by atoms with van der Waals surface area (Å²) in [7, 11) is 0. The van der Waals surface area contributed by atoms with Crippen LogP contribution in [-0.2, 0) is 0 Å². The minimum absolute atomic E-state index is 0.0544. The molecule has 0 radical (unpaired) electrons. The van der Waals surface area contributed by atoms with E-state index in [9.17, 15) is 14.7 Å². The van der Waals surface area contributed by atoms with Gasteiger partial charge in [0.25, 0.3) is 0 Å². The number of carboxylic acids is 1. The number of hydrogen-bond acceptors (Lipinski definition) is 4. The summed E-state index contributed by atoms with van der Waals surface area (Å²) in [5.41, 5.74) is 1.45. The number of carboxylic acid groups (broad SMARTS) is 1. The summed E-state index contributed by atoms with van der Waals surface area (Å²) in [5, 5.41) is 12.4. The molecule has 0 heterocycles. The Morgan fingerprint density at radius 1 is 0.852 bits per heavy atom. The van der Waals surface area contributed by atoms with Crippen LogP contribution in [0, 0.1) is 0 Å². The van der Waals surface area contributed by atoms with Crippen LogP contribution >= 0.6 is 0 Å². The number of carbonyl (C=O) groups excluding carboxylic acids is 1. The van der Waals surface area contributed by atoms with E-state index in [0.29, 0.717) is 5.56 Å². The molecule has 5 heteroatoms. The van der Waals surface area contributed by atoms with Gasteiger partial charge in [-0.25, -0.2) is 4.79 Å². The normalized spacial score (nSPS) is 11.6. The van der Waals surface area contributed by atoms with Crippen molar-refractivity contribution in [1.29, 1.82) is 0 Å². The minimum atomic E-state index is -1.07. The highest BCUT2D eigenvalue weighted by atomic mass is 16.5. The molecule has 3 rings (SSSR count). The molecule has 3 aromatic carbocycles. The second kappa shape index (κ2) is 8.78. The number of hydrogen-bond donors (Lipinski definition) is 2. The second-order valence-electron chi connectivity index (χ2n) is 5.88. The van der Waals surface area contributed by atoms with Crippen LogP contribution < -0.4 is 10.1 Å². The highest BCUT2D eigenvalue weighted by Gasteiger charge is 2.18. The van der Waals surface area contributed by atoms with Crippen molar-refractivity contribution in [3.63, 3.8) is 0 Å². The number of benzene rings is 3. The third kappa shape index (κ3) is 4.80. The lowest BCUT2D eigenvalue weighted by Gasteiger charge is -2.21. The van der Waals surface area contributed by atoms with Gasteiger partial charge in [-0.05, 0) is 12.1 Å². The molecule has 0 aliphatic carbocycles. The van der Waals surface area contributed by atoms with E-state index in [1.54, 1.807) is 30.3 Å². The summed E-state index contributed by atoms with van der Waals surface area (Å²) in [6, 6.07) is 24.7. The van der Waals surface area contributed by atoms with Crippen LogP contribution in [-0.4, -0.2) is 23.4 Å². The molecule has 0 fully saturated rings. The van der Waals surface area contributed by atoms with E-state index in [0.717, 1.165) is 5.56 Å². The molecule has 0 aromatic heterocycles. The van der Waals surface area contributed by atoms with Gasteiger partial charge < -0.3 is 9.84 Å². The van der Waals surface area contributed by atoms with Crippen molar-refractivity contribution >= 4 is 11.8 Å². The maximum Gasteiger partial charge on any atom is 0.339 e. The third-order valence-electron chi connectivity index (χ3n) is 4.01. The number of carbonyl (C=O) groups is 2. The first kappa shape index (κ1) is 18.4. The zero-order valence-corrected chi connectivity index (χ0v) is 14.5. The molecule has 1 unspecified atom stereocenters. The van der Waals surface area contributed by atoms with Gasteiger partial charge in [-0.3, -0.25) is 10.1 Å². The van der Waals surface area contributed by atoms with E-state index >= 15 is 0 Å². The van der Waals surface area contributed by atoms with Gasteiger partial charge >= 0.3 is 5.97 Å². The van der Waals surface area contributed by atoms with Gasteiger partial charge in [0.05, 0.1) is 6.54 Å². The summed E-state index contributed by atoms with van der Waals surface area (Å²) in [6.07, 6.45) is -0.667. The van der Waals surface area contributed by atoms with E-state index in [1.807, 2.05) is 48.5 Å². The monoisotopic (exact) mass is 361 g/mol. The van der Waals surface area contributed by atoms with Crippen LogP contribution in [0.3, 0.4) is 0 Å². The number of para-hydroxylation sites is 1. The average Bonchev–Trinajstić information content (AvgIpc) is 2.72. The van der Waals surface area contributed by atoms with Gasteiger partial charge in [0, 0.05) is 11.1 Å². The lowest BCUT2D eigenvalue weighted by molar-refractivity contribution is 0.0684. The summed E-state index contributed by atoms with van der Waals surface area (Å²) in [5.74, 6) is -0.914. The largest absolute Gasteiger partial charge is 0.478 e. The molecule has 0 amide bonds. The van der Waals surface area contributed by atoms with Crippen LogP contribution in [0.1, 0.15) is 32.5 Å². The molecule has 0 spiro atoms. The predicted octanol–water partition coefficient (Wildman–Crippen LogP) is 3.93. The lowest BCUT2D eigenvalue weighted by Crippen LogP contribution is -2.31. The average molecular weight is 361 g/mol. The highest BCUT2D eigenvalue weighted by molar-refractivity contribution is 5.97. The van der Waals surface area contributed by atoms with E-state index < -0.39 is 12.2 Å². The topological polar surface area (TPSA) is 75.6 Å². The molecule has 136 valence electrons. The molecule has 3 aromatic rings. The maximum atomic E-state index is 12.4. The lowest BCUT2D eigenvalue weighted by atomic mass is 10.1. The highest BCUT2D eigenvalue weighted by Crippen LogP contribution is 2.24. The zero-order chi connectivity index (χ0) is 19.1. The number of rotatable bonds is 8. The van der Waals surface area contributed by atoms with Crippen molar-refractivity contribution < 1.29 is 19.4 Å². The quantitative estimate of drug-likeness (QED) is 0.470. The summed E-state index contributed by atoms with van der Waals surface area (Å²) in [6.45, 7) is 0.0544. The number of ether oxygens (including phenoxy) is 1. The van der Waals surface area contributed by atoms with E-state index in [2.05, 4.69) is 5.32 Å². The van der Waals surface area contributed by atoms with Gasteiger partial charge in [-0.2, -0.15) is 0 Å². The Labute approximate surface area is 157 Å². The van der Waals surface area contributed by atoms with Crippen molar-refractivity contribution in [1.82, 2.24) is 5.32 Å². The van der Waals surface area contributed by atoms with Gasteiger partial charge in [0.1, 0.15) is 11.3 Å². The van der Waals surface area contributed by atoms with E-state index in [-0.39, 0.29) is 23.6 Å². The summed E-state index contributed by atoms with van der Waals surface area (Å²) in [4.78, 5) is 23.8. The number of nitrogens with one attached hydrogen (secondary N) is 1. The number of Topliss-reactive ketones (excluding diaryl/α,β-unsaturated/α-hetero) is 1. The fourth-order valence-electron chi connectivity index (χ4n) is 2.64. The zero-order valence-electron chi connectivity index (χ0n) is 14.5. The van der Waals surface area contributed by atoms with Crippen molar-refractivity contribution in [2.45, 2.75) is 6.23 Å². The van der Waals surface area contributed by atoms with Crippen LogP contribution in [0.25, 0.3) is 0 Å². The Hall–Kier alpha value is -3.44. The Balaban J connectivity index is 1.80. The molecule has 0 bridgehead atoms. The van der Waals surface area contributed by atoms with E-state index in [4.69, 9.17) is 4.74 Å². The Kier molecular flexibility index (Phi) is 5.97. The van der Waals surface area contributed by atoms with Crippen molar-refractivity contribution in [2.24, 2.45) is 0 Å². The second-order valence-corrected chi connectivity index (χ2v) is 5.88. The molecule has 27 heavy (non-hydrogen) atoms. The first-order valence-electron chi connectivity index (χ1n) is 8.50. The Morgan fingerprint density at radius 2 is 1.44 bits per heavy atom. The number of aromatic carboxylic acids is 1. The van der Waals surface area contributed by atoms with E-state index in [1.165, 1.54) is 6.07 Å². The van der Waals surface area contributed by atoms with Crippen molar-refractivity contribution in [3.05, 3.63) is 102 Å². The summed E-state index contributed by atoms with van der Waals surface area (Å²) >= 11 is 0. The van der Waals surface area contributed by atoms with Crippen LogP contribution in [0.15, 0.2) is 84.9 Å². The van der Waals surface area contributed by atoms with Gasteiger partial charge in [0.15, 0.2) is 12.0 Å². The molecular formula is C22H19NO4. The SMILES string of the molecule is O=C(CNC(Oc1ccccc1C(=O)O)c1ccccc1)c1ccccc1. The van der Waals surface area contributed by atoms with Crippen LogP contribution in [0.2, 0.25) is 0 Å². The van der Waals surface area contributed by atoms with Gasteiger partial charge in [-0.15, -0.1) is 0 Å². The molecular weight excluding hydrogens is 342 g/mol. The first-order chi connectivity index (χ1) is 13.1. The molecule has 0 aliphatic rings. The molecule has 0 saturated carbocycles. The van der Waals surface area contributed by atoms with Crippen LogP contribution in [0.5, 0.6) is 5.75 Å². The summed E-state index contributed by atoms with van der Waals surface area (Å²) < 4.78 is 5.94. The smallest absolute Gasteiger partial charge is 0.339 e. The molecule has 2 N–H and O–H groups in total. The fourth-order valence-corrected chi connectivity index (χ4v) is 2.64. The molecule has 0 aliphatic heterocycles. The Morgan fingerprint density at radius 3 is 2.11 bits per heavy atom. The molecule has 1 atom stereocenters. The maximum absolute atomic E-state index is 12.4. The van der Waals surface area contributed by atoms with Crippen LogP contribution in [0.4, 0.5) is 0 Å². The molecule has 0 saturated heterocycles. The number of ketones is 1. The predicted molar refractivity (Wildman–Crippen MR) is 102 cm³/mol. The van der Waals surface area contributed by atoms with Gasteiger partial charge in [0.2, 0.25) is 0 Å². The Bertz CT molecular complexity index is 910. The molecule has 5 nitrogen and oxygen atoms in total.